The van der Waals surface area contributed by atoms with Crippen LogP contribution in [-0.2, 0) is 4.74 Å². The molecule has 0 radical (unpaired) electrons. The molecule has 4 nitrogen and oxygen atoms in total. The number of hydrogen-bond donors (Lipinski definition) is 1. The van der Waals surface area contributed by atoms with Gasteiger partial charge in [-0.2, -0.15) is 0 Å². The van der Waals surface area contributed by atoms with Crippen LogP contribution in [0.15, 0.2) is 4.99 Å². The van der Waals surface area contributed by atoms with Crippen molar-refractivity contribution in [3.63, 3.8) is 0 Å². The Labute approximate surface area is 146 Å². The molecule has 2 saturated carbocycles. The van der Waals surface area contributed by atoms with Gasteiger partial charge in [0.2, 0.25) is 0 Å². The van der Waals surface area contributed by atoms with Gasteiger partial charge in [0.1, 0.15) is 0 Å². The van der Waals surface area contributed by atoms with Gasteiger partial charge >= 0.3 is 0 Å². The van der Waals surface area contributed by atoms with Crippen LogP contribution in [0.5, 0.6) is 0 Å². The fourth-order valence-corrected chi connectivity index (χ4v) is 3.45. The van der Waals surface area contributed by atoms with Gasteiger partial charge in [-0.15, -0.1) is 24.0 Å². The molecule has 0 aromatic carbocycles. The van der Waals surface area contributed by atoms with E-state index in [1.165, 1.54) is 32.1 Å². The standard InChI is InChI=1S/C16H29N3O.HI/c1-3-17-15(19(2)10-13-6-9-20-11-13)18-12-16(7-8-16)14-4-5-14;/h13-14H,3-12H2,1-2H3,(H,17,18);1H. The molecule has 3 rings (SSSR count). The Kier molecular flexibility index (Phi) is 6.17. The highest BCUT2D eigenvalue weighted by molar-refractivity contribution is 14.0. The molecule has 3 fully saturated rings. The molecule has 5 heteroatoms. The van der Waals surface area contributed by atoms with E-state index in [1.807, 2.05) is 0 Å². The normalized spacial score (nSPS) is 27.1. The first-order chi connectivity index (χ1) is 9.73. The summed E-state index contributed by atoms with van der Waals surface area (Å²) in [5.74, 6) is 2.75. The lowest BCUT2D eigenvalue weighted by Crippen LogP contribution is -2.41. The van der Waals surface area contributed by atoms with E-state index in [2.05, 4.69) is 24.2 Å². The minimum Gasteiger partial charge on any atom is -0.381 e. The van der Waals surface area contributed by atoms with E-state index in [9.17, 15) is 0 Å². The molecule has 1 unspecified atom stereocenters. The molecular weight excluding hydrogens is 377 g/mol. The second-order valence-corrected chi connectivity index (χ2v) is 6.92. The molecule has 0 amide bonds. The van der Waals surface area contributed by atoms with Crippen LogP contribution in [0.3, 0.4) is 0 Å². The summed E-state index contributed by atoms with van der Waals surface area (Å²) in [6.45, 7) is 7.02. The zero-order chi connectivity index (χ0) is 14.0. The Morgan fingerprint density at radius 2 is 2.10 bits per heavy atom. The Hall–Kier alpha value is -0.0400. The molecule has 1 heterocycles. The van der Waals surface area contributed by atoms with Crippen LogP contribution in [0.25, 0.3) is 0 Å². The number of nitrogens with zero attached hydrogens (tertiary/aromatic N) is 2. The molecule has 122 valence electrons. The van der Waals surface area contributed by atoms with Crippen molar-refractivity contribution in [2.75, 3.05) is 39.9 Å². The van der Waals surface area contributed by atoms with Crippen LogP contribution >= 0.6 is 24.0 Å². The molecule has 21 heavy (non-hydrogen) atoms. The molecular formula is C16H30IN3O. The van der Waals surface area contributed by atoms with Gasteiger partial charge in [0.15, 0.2) is 5.96 Å². The van der Waals surface area contributed by atoms with Crippen molar-refractivity contribution in [3.8, 4) is 0 Å². The van der Waals surface area contributed by atoms with Crippen LogP contribution in [0.2, 0.25) is 0 Å². The number of aliphatic imine (C=N–C) groups is 1. The molecule has 0 aromatic heterocycles. The number of ether oxygens (including phenoxy) is 1. The van der Waals surface area contributed by atoms with Gasteiger partial charge in [0, 0.05) is 39.2 Å². The van der Waals surface area contributed by atoms with Crippen molar-refractivity contribution in [1.29, 1.82) is 0 Å². The number of hydrogen-bond acceptors (Lipinski definition) is 2. The van der Waals surface area contributed by atoms with E-state index < -0.39 is 0 Å². The monoisotopic (exact) mass is 407 g/mol. The lowest BCUT2D eigenvalue weighted by molar-refractivity contribution is 0.181. The zero-order valence-electron chi connectivity index (χ0n) is 13.4. The van der Waals surface area contributed by atoms with Crippen molar-refractivity contribution in [2.45, 2.75) is 39.0 Å². The van der Waals surface area contributed by atoms with Gasteiger partial charge in [0.25, 0.3) is 0 Å². The fraction of sp³-hybridized carbons (Fsp3) is 0.938. The minimum atomic E-state index is 0. The lowest BCUT2D eigenvalue weighted by Gasteiger charge is -2.25. The van der Waals surface area contributed by atoms with Gasteiger partial charge < -0.3 is 15.0 Å². The third-order valence-electron chi connectivity index (χ3n) is 5.13. The van der Waals surface area contributed by atoms with Crippen LogP contribution in [0.1, 0.15) is 39.0 Å². The Morgan fingerprint density at radius 3 is 2.62 bits per heavy atom. The highest BCUT2D eigenvalue weighted by Gasteiger charge is 2.53. The largest absolute Gasteiger partial charge is 0.381 e. The van der Waals surface area contributed by atoms with E-state index >= 15 is 0 Å². The van der Waals surface area contributed by atoms with Gasteiger partial charge in [-0.3, -0.25) is 4.99 Å². The molecule has 1 N–H and O–H groups in total. The molecule has 1 saturated heterocycles. The van der Waals surface area contributed by atoms with E-state index in [0.717, 1.165) is 44.7 Å². The van der Waals surface area contributed by atoms with Crippen molar-refractivity contribution >= 4 is 29.9 Å². The van der Waals surface area contributed by atoms with Crippen LogP contribution < -0.4 is 5.32 Å². The first kappa shape index (κ1) is 17.3. The number of guanidine groups is 1. The summed E-state index contributed by atoms with van der Waals surface area (Å²) < 4.78 is 5.47. The molecule has 3 aliphatic rings. The quantitative estimate of drug-likeness (QED) is 0.418. The van der Waals surface area contributed by atoms with E-state index in [-0.39, 0.29) is 24.0 Å². The summed E-state index contributed by atoms with van der Waals surface area (Å²) in [5, 5.41) is 3.45. The van der Waals surface area contributed by atoms with Crippen molar-refractivity contribution in [2.24, 2.45) is 22.2 Å². The Morgan fingerprint density at radius 1 is 1.33 bits per heavy atom. The zero-order valence-corrected chi connectivity index (χ0v) is 15.8. The maximum absolute atomic E-state index is 5.47. The van der Waals surface area contributed by atoms with Gasteiger partial charge in [-0.1, -0.05) is 0 Å². The van der Waals surface area contributed by atoms with Gasteiger partial charge in [-0.05, 0) is 50.4 Å². The second kappa shape index (κ2) is 7.49. The fourth-order valence-electron chi connectivity index (χ4n) is 3.45. The molecule has 0 bridgehead atoms. The SMILES string of the molecule is CCNC(=NCC1(C2CC2)CC1)N(C)CC1CCOC1.I. The summed E-state index contributed by atoms with van der Waals surface area (Å²) in [5.41, 5.74) is 0.595. The maximum Gasteiger partial charge on any atom is 0.193 e. The highest BCUT2D eigenvalue weighted by atomic mass is 127. The van der Waals surface area contributed by atoms with Crippen LogP contribution in [0.4, 0.5) is 0 Å². The molecule has 2 aliphatic carbocycles. The third kappa shape index (κ3) is 4.47. The molecule has 1 aliphatic heterocycles. The van der Waals surface area contributed by atoms with Gasteiger partial charge in [-0.25, -0.2) is 0 Å². The minimum absolute atomic E-state index is 0. The predicted molar refractivity (Wildman–Crippen MR) is 97.3 cm³/mol. The lowest BCUT2D eigenvalue weighted by atomic mass is 10.0. The van der Waals surface area contributed by atoms with Crippen molar-refractivity contribution in [1.82, 2.24) is 10.2 Å². The predicted octanol–water partition coefficient (Wildman–Crippen LogP) is 2.73. The van der Waals surface area contributed by atoms with Crippen LogP contribution in [-0.4, -0.2) is 50.8 Å². The summed E-state index contributed by atoms with van der Waals surface area (Å²) in [7, 11) is 2.16. The van der Waals surface area contributed by atoms with Crippen molar-refractivity contribution in [3.05, 3.63) is 0 Å². The third-order valence-corrected chi connectivity index (χ3v) is 5.13. The summed E-state index contributed by atoms with van der Waals surface area (Å²) in [4.78, 5) is 7.24. The highest BCUT2D eigenvalue weighted by Crippen LogP contribution is 2.61. The number of halogens is 1. The molecule has 0 spiro atoms. The summed E-state index contributed by atoms with van der Waals surface area (Å²) in [6, 6.07) is 0. The first-order valence-electron chi connectivity index (χ1n) is 8.31. The first-order valence-corrected chi connectivity index (χ1v) is 8.31. The average molecular weight is 407 g/mol. The van der Waals surface area contributed by atoms with Gasteiger partial charge in [0.05, 0.1) is 6.61 Å². The Bertz CT molecular complexity index is 361. The van der Waals surface area contributed by atoms with Crippen molar-refractivity contribution < 1.29 is 4.74 Å². The van der Waals surface area contributed by atoms with E-state index in [4.69, 9.17) is 9.73 Å². The van der Waals surface area contributed by atoms with E-state index in [1.54, 1.807) is 0 Å². The van der Waals surface area contributed by atoms with Crippen LogP contribution in [0, 0.1) is 17.3 Å². The topological polar surface area (TPSA) is 36.9 Å². The van der Waals surface area contributed by atoms with E-state index in [0.29, 0.717) is 11.3 Å². The summed E-state index contributed by atoms with van der Waals surface area (Å²) >= 11 is 0. The second-order valence-electron chi connectivity index (χ2n) is 6.92. The molecule has 0 aromatic rings. The number of nitrogens with one attached hydrogen (secondary N) is 1. The average Bonchev–Trinajstić information content (AvgIpc) is 3.34. The maximum atomic E-state index is 5.47. The Balaban J connectivity index is 0.00000161. The molecule has 1 atom stereocenters. The number of rotatable bonds is 6. The smallest absolute Gasteiger partial charge is 0.193 e. The summed E-state index contributed by atoms with van der Waals surface area (Å²) in [6.07, 6.45) is 6.89.